The van der Waals surface area contributed by atoms with Gasteiger partial charge in [-0.2, -0.15) is 0 Å². The zero-order chi connectivity index (χ0) is 19.9. The highest BCUT2D eigenvalue weighted by Gasteiger charge is 2.22. The van der Waals surface area contributed by atoms with E-state index in [2.05, 4.69) is 5.32 Å². The van der Waals surface area contributed by atoms with Crippen molar-refractivity contribution in [3.8, 4) is 5.75 Å². The zero-order valence-corrected chi connectivity index (χ0v) is 17.2. The molecule has 0 heterocycles. The van der Waals surface area contributed by atoms with E-state index in [9.17, 15) is 13.2 Å². The van der Waals surface area contributed by atoms with Crippen molar-refractivity contribution in [2.24, 2.45) is 0 Å². The molecule has 0 unspecified atom stereocenters. The second kappa shape index (κ2) is 9.90. The largest absolute Gasteiger partial charge is 0.495 e. The summed E-state index contributed by atoms with van der Waals surface area (Å²) in [7, 11) is 0.739. The lowest BCUT2D eigenvalue weighted by atomic mass is 9.97. The number of carbonyl (C=O) groups excluding carboxylic acids is 1. The zero-order valence-electron chi connectivity index (χ0n) is 16.4. The Kier molecular flexibility index (Phi) is 7.86. The van der Waals surface area contributed by atoms with Crippen LogP contribution >= 0.6 is 0 Å². The number of nitrogens with one attached hydrogen (secondary N) is 1. The van der Waals surface area contributed by atoms with Crippen LogP contribution in [0.15, 0.2) is 29.2 Å². The number of carbonyl (C=O) groups is 1. The van der Waals surface area contributed by atoms with Crippen LogP contribution in [0.1, 0.15) is 50.5 Å². The highest BCUT2D eigenvalue weighted by atomic mass is 32.2. The summed E-state index contributed by atoms with van der Waals surface area (Å²) < 4.78 is 31.3. The van der Waals surface area contributed by atoms with E-state index in [-0.39, 0.29) is 22.6 Å². The third kappa shape index (κ3) is 6.07. The van der Waals surface area contributed by atoms with Crippen LogP contribution in [0.5, 0.6) is 5.75 Å². The van der Waals surface area contributed by atoms with Crippen LogP contribution in [0.25, 0.3) is 6.08 Å². The minimum Gasteiger partial charge on any atom is -0.495 e. The SMILES string of the molecule is COc1ccc(/C=C/C(=O)NC2CCCCCCC2)cc1S(=O)(=O)N(C)C. The van der Waals surface area contributed by atoms with Crippen molar-refractivity contribution >= 4 is 22.0 Å². The van der Waals surface area contributed by atoms with Gasteiger partial charge >= 0.3 is 0 Å². The van der Waals surface area contributed by atoms with Gasteiger partial charge in [0.1, 0.15) is 10.6 Å². The van der Waals surface area contributed by atoms with Crippen LogP contribution in [0.4, 0.5) is 0 Å². The second-order valence-corrected chi connectivity index (χ2v) is 9.20. The van der Waals surface area contributed by atoms with Crippen molar-refractivity contribution in [1.29, 1.82) is 0 Å². The molecule has 0 saturated heterocycles. The van der Waals surface area contributed by atoms with Gasteiger partial charge in [-0.1, -0.05) is 38.2 Å². The number of benzene rings is 1. The van der Waals surface area contributed by atoms with Gasteiger partial charge in [-0.25, -0.2) is 12.7 Å². The van der Waals surface area contributed by atoms with Crippen molar-refractivity contribution in [1.82, 2.24) is 9.62 Å². The van der Waals surface area contributed by atoms with Crippen LogP contribution in [0.3, 0.4) is 0 Å². The maximum Gasteiger partial charge on any atom is 0.246 e. The fourth-order valence-corrected chi connectivity index (χ4v) is 4.30. The molecule has 2 rings (SSSR count). The molecule has 0 aliphatic heterocycles. The number of ether oxygens (including phenoxy) is 1. The predicted molar refractivity (Wildman–Crippen MR) is 107 cm³/mol. The third-order valence-corrected chi connectivity index (χ3v) is 6.66. The summed E-state index contributed by atoms with van der Waals surface area (Å²) in [5, 5.41) is 3.07. The molecule has 7 heteroatoms. The second-order valence-electron chi connectivity index (χ2n) is 7.08. The Morgan fingerprint density at radius 1 is 1.15 bits per heavy atom. The minimum absolute atomic E-state index is 0.0811. The summed E-state index contributed by atoms with van der Waals surface area (Å²) in [4.78, 5) is 12.3. The number of hydrogen-bond donors (Lipinski definition) is 1. The van der Waals surface area contributed by atoms with Gasteiger partial charge in [-0.3, -0.25) is 4.79 Å². The van der Waals surface area contributed by atoms with Crippen molar-refractivity contribution < 1.29 is 17.9 Å². The Morgan fingerprint density at radius 2 is 1.78 bits per heavy atom. The van der Waals surface area contributed by atoms with Gasteiger partial charge < -0.3 is 10.1 Å². The first kappa shape index (κ1) is 21.4. The van der Waals surface area contributed by atoms with Crippen molar-refractivity contribution in [2.75, 3.05) is 21.2 Å². The summed E-state index contributed by atoms with van der Waals surface area (Å²) >= 11 is 0. The Balaban J connectivity index is 2.10. The Bertz CT molecular complexity index is 764. The number of hydrogen-bond acceptors (Lipinski definition) is 4. The topological polar surface area (TPSA) is 75.7 Å². The van der Waals surface area contributed by atoms with Crippen LogP contribution < -0.4 is 10.1 Å². The van der Waals surface area contributed by atoms with Crippen LogP contribution in [-0.2, 0) is 14.8 Å². The molecule has 1 aromatic carbocycles. The quantitative estimate of drug-likeness (QED) is 0.752. The van der Waals surface area contributed by atoms with Crippen LogP contribution in [0, 0.1) is 0 Å². The molecule has 0 aromatic heterocycles. The van der Waals surface area contributed by atoms with Crippen LogP contribution in [0.2, 0.25) is 0 Å². The molecule has 0 bridgehead atoms. The number of methoxy groups -OCH3 is 1. The number of rotatable bonds is 6. The van der Waals surface area contributed by atoms with E-state index in [4.69, 9.17) is 4.74 Å². The van der Waals surface area contributed by atoms with Gasteiger partial charge in [0.2, 0.25) is 15.9 Å². The molecule has 0 spiro atoms. The fourth-order valence-electron chi connectivity index (χ4n) is 3.22. The fraction of sp³-hybridized carbons (Fsp3) is 0.550. The maximum absolute atomic E-state index is 12.5. The first-order valence-corrected chi connectivity index (χ1v) is 10.9. The highest BCUT2D eigenvalue weighted by molar-refractivity contribution is 7.89. The molecular weight excluding hydrogens is 364 g/mol. The van der Waals surface area contributed by atoms with E-state index in [1.165, 1.54) is 52.6 Å². The van der Waals surface area contributed by atoms with Gasteiger partial charge in [0.15, 0.2) is 0 Å². The lowest BCUT2D eigenvalue weighted by Crippen LogP contribution is -2.34. The molecule has 0 atom stereocenters. The molecule has 1 aliphatic carbocycles. The van der Waals surface area contributed by atoms with E-state index in [0.717, 1.165) is 30.0 Å². The molecule has 27 heavy (non-hydrogen) atoms. The summed E-state index contributed by atoms with van der Waals surface area (Å²) in [6.45, 7) is 0. The standard InChI is InChI=1S/C20H30N2O4S/c1-22(2)27(24,25)19-15-16(11-13-18(19)26-3)12-14-20(23)21-17-9-7-5-4-6-8-10-17/h11-15,17H,4-10H2,1-3H3,(H,21,23)/b14-12+. The number of sulfonamides is 1. The summed E-state index contributed by atoms with van der Waals surface area (Å²) in [6, 6.07) is 5.08. The molecule has 1 saturated carbocycles. The molecule has 1 N–H and O–H groups in total. The van der Waals surface area contributed by atoms with Crippen molar-refractivity contribution in [3.63, 3.8) is 0 Å². The average Bonchev–Trinajstić information content (AvgIpc) is 2.61. The van der Waals surface area contributed by atoms with E-state index in [1.54, 1.807) is 18.2 Å². The van der Waals surface area contributed by atoms with Gasteiger partial charge in [0, 0.05) is 26.2 Å². The van der Waals surface area contributed by atoms with Gasteiger partial charge in [-0.15, -0.1) is 0 Å². The number of nitrogens with zero attached hydrogens (tertiary/aromatic N) is 1. The maximum atomic E-state index is 12.5. The average molecular weight is 395 g/mol. The molecule has 1 fully saturated rings. The minimum atomic E-state index is -3.64. The highest BCUT2D eigenvalue weighted by Crippen LogP contribution is 2.27. The molecule has 0 radical (unpaired) electrons. The van der Waals surface area contributed by atoms with Crippen molar-refractivity contribution in [2.45, 2.75) is 55.9 Å². The van der Waals surface area contributed by atoms with E-state index in [0.29, 0.717) is 5.56 Å². The van der Waals surface area contributed by atoms with E-state index < -0.39 is 10.0 Å². The van der Waals surface area contributed by atoms with Gasteiger partial charge in [0.05, 0.1) is 7.11 Å². The molecule has 1 aliphatic rings. The van der Waals surface area contributed by atoms with Gasteiger partial charge in [-0.05, 0) is 36.6 Å². The molecule has 150 valence electrons. The summed E-state index contributed by atoms with van der Waals surface area (Å²) in [6.07, 6.45) is 11.2. The van der Waals surface area contributed by atoms with Gasteiger partial charge in [0.25, 0.3) is 0 Å². The Labute approximate surface area is 162 Å². The lowest BCUT2D eigenvalue weighted by molar-refractivity contribution is -0.117. The number of amides is 1. The normalized spacial score (nSPS) is 16.9. The third-order valence-electron chi connectivity index (χ3n) is 4.83. The molecule has 6 nitrogen and oxygen atoms in total. The molecular formula is C20H30N2O4S. The Hall–Kier alpha value is -1.86. The van der Waals surface area contributed by atoms with Crippen molar-refractivity contribution in [3.05, 3.63) is 29.8 Å². The lowest BCUT2D eigenvalue weighted by Gasteiger charge is -2.20. The summed E-state index contributed by atoms with van der Waals surface area (Å²) in [5.74, 6) is 0.133. The van der Waals surface area contributed by atoms with Crippen LogP contribution in [-0.4, -0.2) is 45.9 Å². The molecule has 1 amide bonds. The Morgan fingerprint density at radius 3 is 2.37 bits per heavy atom. The summed E-state index contributed by atoms with van der Waals surface area (Å²) in [5.41, 5.74) is 0.629. The smallest absolute Gasteiger partial charge is 0.246 e. The first-order chi connectivity index (χ1) is 12.8. The first-order valence-electron chi connectivity index (χ1n) is 9.43. The predicted octanol–water partition coefficient (Wildman–Crippen LogP) is 3.19. The monoisotopic (exact) mass is 394 g/mol. The molecule has 1 aromatic rings. The van der Waals surface area contributed by atoms with E-state index in [1.807, 2.05) is 0 Å². The van der Waals surface area contributed by atoms with E-state index >= 15 is 0 Å².